The largest absolute Gasteiger partial charge is 0.401 e. The molecule has 0 spiro atoms. The zero-order chi connectivity index (χ0) is 18.1. The first-order valence-electron chi connectivity index (χ1n) is 8.29. The van der Waals surface area contributed by atoms with E-state index in [4.69, 9.17) is 4.42 Å². The quantitative estimate of drug-likeness (QED) is 0.605. The molecule has 2 heterocycles. The molecule has 7 nitrogen and oxygen atoms in total. The van der Waals surface area contributed by atoms with Crippen LogP contribution in [-0.2, 0) is 0 Å². The van der Waals surface area contributed by atoms with Crippen LogP contribution >= 0.6 is 0 Å². The summed E-state index contributed by atoms with van der Waals surface area (Å²) < 4.78 is 7.31. The van der Waals surface area contributed by atoms with E-state index in [-0.39, 0.29) is 23.9 Å². The molecule has 130 valence electrons. The molecule has 7 heteroatoms. The van der Waals surface area contributed by atoms with Gasteiger partial charge in [-0.3, -0.25) is 14.8 Å². The Kier molecular flexibility index (Phi) is 3.96. The zero-order valence-electron chi connectivity index (χ0n) is 14.4. The standard InChI is InChI=1S/C19H17N5O2/c1-12(2)24-10-9-16(23-24)18-21-22-19(26-18)20-17(25)15-8-7-13-5-3-4-6-14(13)11-15/h3-12H,1-2H3,(H,20,22,25). The Labute approximate surface area is 149 Å². The molecule has 0 unspecified atom stereocenters. The van der Waals surface area contributed by atoms with Gasteiger partial charge in [0.25, 0.3) is 11.8 Å². The van der Waals surface area contributed by atoms with Gasteiger partial charge < -0.3 is 4.42 Å². The normalized spacial score (nSPS) is 11.2. The summed E-state index contributed by atoms with van der Waals surface area (Å²) in [7, 11) is 0. The molecule has 0 aliphatic heterocycles. The molecule has 4 aromatic rings. The fraction of sp³-hybridized carbons (Fsp3) is 0.158. The van der Waals surface area contributed by atoms with Crippen molar-refractivity contribution in [1.82, 2.24) is 20.0 Å². The van der Waals surface area contributed by atoms with Crippen molar-refractivity contribution in [2.45, 2.75) is 19.9 Å². The number of carbonyl (C=O) groups is 1. The van der Waals surface area contributed by atoms with E-state index >= 15 is 0 Å². The third kappa shape index (κ3) is 3.06. The summed E-state index contributed by atoms with van der Waals surface area (Å²) in [5.41, 5.74) is 1.09. The molecule has 1 amide bonds. The predicted molar refractivity (Wildman–Crippen MR) is 97.8 cm³/mol. The number of aromatic nitrogens is 4. The molecule has 2 aromatic heterocycles. The molecule has 0 aliphatic carbocycles. The van der Waals surface area contributed by atoms with Crippen molar-refractivity contribution in [2.24, 2.45) is 0 Å². The van der Waals surface area contributed by atoms with E-state index in [1.807, 2.05) is 56.4 Å². The first-order chi connectivity index (χ1) is 12.6. The van der Waals surface area contributed by atoms with Crippen molar-refractivity contribution in [3.05, 3.63) is 60.3 Å². The van der Waals surface area contributed by atoms with Crippen molar-refractivity contribution in [3.8, 4) is 11.6 Å². The monoisotopic (exact) mass is 347 g/mol. The van der Waals surface area contributed by atoms with Crippen LogP contribution in [0.5, 0.6) is 0 Å². The van der Waals surface area contributed by atoms with Crippen molar-refractivity contribution in [2.75, 3.05) is 5.32 Å². The van der Waals surface area contributed by atoms with Gasteiger partial charge in [-0.25, -0.2) is 0 Å². The molecule has 1 N–H and O–H groups in total. The lowest BCUT2D eigenvalue weighted by molar-refractivity contribution is 0.102. The molecule has 0 aliphatic rings. The minimum Gasteiger partial charge on any atom is -0.401 e. The van der Waals surface area contributed by atoms with Crippen LogP contribution in [0.1, 0.15) is 30.2 Å². The van der Waals surface area contributed by atoms with E-state index < -0.39 is 0 Å². The van der Waals surface area contributed by atoms with Crippen LogP contribution in [0.2, 0.25) is 0 Å². The number of nitrogens with zero attached hydrogens (tertiary/aromatic N) is 4. The molecule has 2 aromatic carbocycles. The average molecular weight is 347 g/mol. The first-order valence-corrected chi connectivity index (χ1v) is 8.29. The second-order valence-corrected chi connectivity index (χ2v) is 6.20. The summed E-state index contributed by atoms with van der Waals surface area (Å²) in [5, 5.41) is 16.9. The number of hydrogen-bond acceptors (Lipinski definition) is 5. The van der Waals surface area contributed by atoms with Gasteiger partial charge in [0.15, 0.2) is 0 Å². The van der Waals surface area contributed by atoms with Crippen LogP contribution in [0.3, 0.4) is 0 Å². The van der Waals surface area contributed by atoms with Crippen LogP contribution in [0.15, 0.2) is 59.1 Å². The lowest BCUT2D eigenvalue weighted by Gasteiger charge is -2.03. The molecule has 0 atom stereocenters. The van der Waals surface area contributed by atoms with E-state index in [1.165, 1.54) is 0 Å². The second kappa shape index (κ2) is 6.44. The SMILES string of the molecule is CC(C)n1ccc(-c2nnc(NC(=O)c3ccc4ccccc4c3)o2)n1. The van der Waals surface area contributed by atoms with E-state index in [0.717, 1.165) is 10.8 Å². The summed E-state index contributed by atoms with van der Waals surface area (Å²) in [6.07, 6.45) is 1.84. The highest BCUT2D eigenvalue weighted by molar-refractivity contribution is 6.05. The van der Waals surface area contributed by atoms with Crippen LogP contribution in [0, 0.1) is 0 Å². The Morgan fingerprint density at radius 2 is 1.88 bits per heavy atom. The Hall–Kier alpha value is -3.48. The molecule has 4 rings (SSSR count). The summed E-state index contributed by atoms with van der Waals surface area (Å²) in [6, 6.07) is 15.4. The number of anilines is 1. The van der Waals surface area contributed by atoms with Crippen molar-refractivity contribution in [1.29, 1.82) is 0 Å². The molecule has 0 saturated heterocycles. The molecule has 26 heavy (non-hydrogen) atoms. The molecule has 0 saturated carbocycles. The number of nitrogens with one attached hydrogen (secondary N) is 1. The van der Waals surface area contributed by atoms with Gasteiger partial charge in [0.1, 0.15) is 5.69 Å². The fourth-order valence-corrected chi connectivity index (χ4v) is 2.62. The van der Waals surface area contributed by atoms with Crippen LogP contribution < -0.4 is 5.32 Å². The second-order valence-electron chi connectivity index (χ2n) is 6.20. The van der Waals surface area contributed by atoms with Gasteiger partial charge in [-0.1, -0.05) is 35.4 Å². The highest BCUT2D eigenvalue weighted by Crippen LogP contribution is 2.20. The van der Waals surface area contributed by atoms with Crippen molar-refractivity contribution in [3.63, 3.8) is 0 Å². The third-order valence-corrected chi connectivity index (χ3v) is 4.01. The van der Waals surface area contributed by atoms with Gasteiger partial charge in [-0.2, -0.15) is 5.10 Å². The van der Waals surface area contributed by atoms with Crippen LogP contribution in [-0.4, -0.2) is 25.9 Å². The lowest BCUT2D eigenvalue weighted by atomic mass is 10.1. The maximum Gasteiger partial charge on any atom is 0.322 e. The number of carbonyl (C=O) groups excluding carboxylic acids is 1. The van der Waals surface area contributed by atoms with E-state index in [2.05, 4.69) is 20.6 Å². The molecule has 0 fully saturated rings. The minimum atomic E-state index is -0.307. The van der Waals surface area contributed by atoms with Crippen LogP contribution in [0.25, 0.3) is 22.4 Å². The van der Waals surface area contributed by atoms with Gasteiger partial charge in [0.2, 0.25) is 0 Å². The topological polar surface area (TPSA) is 85.8 Å². The number of rotatable bonds is 4. The third-order valence-electron chi connectivity index (χ3n) is 4.01. The fourth-order valence-electron chi connectivity index (χ4n) is 2.62. The Balaban J connectivity index is 1.53. The highest BCUT2D eigenvalue weighted by atomic mass is 16.4. The van der Waals surface area contributed by atoms with E-state index in [1.54, 1.807) is 16.8 Å². The minimum absolute atomic E-state index is 0.0391. The predicted octanol–water partition coefficient (Wildman–Crippen LogP) is 3.92. The van der Waals surface area contributed by atoms with Crippen molar-refractivity contribution >= 4 is 22.7 Å². The zero-order valence-corrected chi connectivity index (χ0v) is 14.4. The Morgan fingerprint density at radius 1 is 1.08 bits per heavy atom. The maximum atomic E-state index is 12.4. The smallest absolute Gasteiger partial charge is 0.322 e. The number of hydrogen-bond donors (Lipinski definition) is 1. The van der Waals surface area contributed by atoms with Crippen molar-refractivity contribution < 1.29 is 9.21 Å². The molecular formula is C19H17N5O2. The number of fused-ring (bicyclic) bond motifs is 1. The summed E-state index contributed by atoms with van der Waals surface area (Å²) >= 11 is 0. The van der Waals surface area contributed by atoms with Gasteiger partial charge >= 0.3 is 6.01 Å². The Bertz CT molecular complexity index is 1080. The summed E-state index contributed by atoms with van der Waals surface area (Å²) in [6.45, 7) is 4.06. The van der Waals surface area contributed by atoms with Gasteiger partial charge in [-0.05, 0) is 42.8 Å². The average Bonchev–Trinajstić information content (AvgIpc) is 3.30. The Morgan fingerprint density at radius 3 is 2.65 bits per heavy atom. The molecule has 0 bridgehead atoms. The molecule has 0 radical (unpaired) electrons. The highest BCUT2D eigenvalue weighted by Gasteiger charge is 2.15. The van der Waals surface area contributed by atoms with E-state index in [0.29, 0.717) is 11.3 Å². The van der Waals surface area contributed by atoms with Gasteiger partial charge in [0.05, 0.1) is 0 Å². The summed E-state index contributed by atoms with van der Waals surface area (Å²) in [5.74, 6) is -0.0446. The summed E-state index contributed by atoms with van der Waals surface area (Å²) in [4.78, 5) is 12.4. The number of benzene rings is 2. The van der Waals surface area contributed by atoms with Crippen LogP contribution in [0.4, 0.5) is 6.01 Å². The molecular weight excluding hydrogens is 330 g/mol. The van der Waals surface area contributed by atoms with Gasteiger partial charge in [0, 0.05) is 17.8 Å². The lowest BCUT2D eigenvalue weighted by Crippen LogP contribution is -2.12. The first kappa shape index (κ1) is 16.0. The maximum absolute atomic E-state index is 12.4. The van der Waals surface area contributed by atoms with Gasteiger partial charge in [-0.15, -0.1) is 5.10 Å². The number of amides is 1. The van der Waals surface area contributed by atoms with E-state index in [9.17, 15) is 4.79 Å².